The van der Waals surface area contributed by atoms with Crippen LogP contribution < -0.4 is 10.9 Å². The van der Waals surface area contributed by atoms with Crippen LogP contribution in [0.1, 0.15) is 44.5 Å². The number of pyridine rings is 1. The third-order valence-electron chi connectivity index (χ3n) is 4.74. The van der Waals surface area contributed by atoms with E-state index in [4.69, 9.17) is 14.2 Å². The summed E-state index contributed by atoms with van der Waals surface area (Å²) in [5.74, 6) is -4.90. The highest BCUT2D eigenvalue weighted by Crippen LogP contribution is 2.23. The van der Waals surface area contributed by atoms with Crippen LogP contribution in [-0.2, 0) is 28.6 Å². The zero-order valence-electron chi connectivity index (χ0n) is 17.7. The highest BCUT2D eigenvalue weighted by atomic mass is 16.6. The molecular formula is C20H26N2O9. The van der Waals surface area contributed by atoms with E-state index in [1.165, 1.54) is 6.92 Å². The maximum absolute atomic E-state index is 12.6. The number of cyclic esters (lactones) is 2. The lowest BCUT2D eigenvalue weighted by Gasteiger charge is -2.29. The minimum absolute atomic E-state index is 0.256. The Hall–Kier alpha value is -3.37. The van der Waals surface area contributed by atoms with Crippen molar-refractivity contribution >= 4 is 23.8 Å². The highest BCUT2D eigenvalue weighted by molar-refractivity contribution is 5.97. The van der Waals surface area contributed by atoms with Gasteiger partial charge in [0.25, 0.3) is 11.5 Å². The first-order valence-electron chi connectivity index (χ1n) is 9.85. The fourth-order valence-corrected chi connectivity index (χ4v) is 2.96. The molecule has 2 rings (SSSR count). The van der Waals surface area contributed by atoms with E-state index in [2.05, 4.69) is 10.3 Å². The molecule has 1 aromatic heterocycles. The molecular weight excluding hydrogens is 412 g/mol. The summed E-state index contributed by atoms with van der Waals surface area (Å²) in [6.45, 7) is 5.87. The van der Waals surface area contributed by atoms with Gasteiger partial charge < -0.3 is 29.6 Å². The van der Waals surface area contributed by atoms with Gasteiger partial charge in [-0.15, -0.1) is 0 Å². The molecule has 0 bridgehead atoms. The van der Waals surface area contributed by atoms with Gasteiger partial charge in [0.2, 0.25) is 0 Å². The molecule has 11 heteroatoms. The first-order chi connectivity index (χ1) is 14.5. The number of carbonyl (C=O) groups excluding carboxylic acids is 4. The molecule has 1 aliphatic rings. The number of esters is 3. The number of hydrogen-bond donors (Lipinski definition) is 3. The Balaban J connectivity index is 2.25. The van der Waals surface area contributed by atoms with Gasteiger partial charge in [-0.3, -0.25) is 19.2 Å². The molecule has 0 saturated carbocycles. The maximum atomic E-state index is 12.6. The van der Waals surface area contributed by atoms with E-state index < -0.39 is 71.6 Å². The number of carbonyl (C=O) groups is 4. The number of hydrogen-bond acceptors (Lipinski definition) is 9. The Bertz CT molecular complexity index is 908. The monoisotopic (exact) mass is 438 g/mol. The van der Waals surface area contributed by atoms with Crippen LogP contribution >= 0.6 is 0 Å². The number of nitrogens with one attached hydrogen (secondary N) is 2. The number of H-pyrrole nitrogens is 1. The lowest BCUT2D eigenvalue weighted by molar-refractivity contribution is -0.176. The summed E-state index contributed by atoms with van der Waals surface area (Å²) >= 11 is 0. The summed E-state index contributed by atoms with van der Waals surface area (Å²) in [7, 11) is 0. The van der Waals surface area contributed by atoms with Crippen molar-refractivity contribution in [3.05, 3.63) is 28.2 Å². The Morgan fingerprint density at radius 1 is 1.29 bits per heavy atom. The van der Waals surface area contributed by atoms with Gasteiger partial charge in [-0.1, -0.05) is 20.8 Å². The molecule has 0 radical (unpaired) electrons. The van der Waals surface area contributed by atoms with Gasteiger partial charge >= 0.3 is 17.9 Å². The second kappa shape index (κ2) is 10.1. The van der Waals surface area contributed by atoms with E-state index in [-0.39, 0.29) is 12.2 Å². The molecule has 31 heavy (non-hydrogen) atoms. The summed E-state index contributed by atoms with van der Waals surface area (Å²) < 4.78 is 15.9. The van der Waals surface area contributed by atoms with Crippen molar-refractivity contribution in [2.75, 3.05) is 6.61 Å². The Labute approximate surface area is 178 Å². The van der Waals surface area contributed by atoms with Gasteiger partial charge in [-0.25, -0.2) is 4.79 Å². The van der Waals surface area contributed by atoms with E-state index >= 15 is 0 Å². The normalized spacial score (nSPS) is 24.3. The second-order valence-corrected chi connectivity index (χ2v) is 7.47. The molecule has 1 fully saturated rings. The third kappa shape index (κ3) is 5.83. The zero-order valence-corrected chi connectivity index (χ0v) is 17.7. The molecule has 0 aliphatic carbocycles. The standard InChI is InChI=1S/C20H26N2O9/c1-5-12-15(31-18(26)9(2)3)10(4)30-20(28)14(8-29-19(12)27)22-17(25)13-6-11(23)7-21-16(13)24/h6-7,9-10,12,14-15,23H,5,8H2,1-4H3,(H,21,24)(H,22,25)/t10-,12+,14-,15-/m0/s1. The predicted octanol–water partition coefficient (Wildman–Crippen LogP) is 0.261. The summed E-state index contributed by atoms with van der Waals surface area (Å²) in [4.78, 5) is 63.7. The Kier molecular flexibility index (Phi) is 7.78. The first kappa shape index (κ1) is 23.9. The van der Waals surface area contributed by atoms with Crippen LogP contribution in [0, 0.1) is 11.8 Å². The number of ether oxygens (including phenoxy) is 3. The van der Waals surface area contributed by atoms with Crippen molar-refractivity contribution in [2.45, 2.75) is 52.4 Å². The van der Waals surface area contributed by atoms with Gasteiger partial charge in [0.05, 0.1) is 11.8 Å². The fourth-order valence-electron chi connectivity index (χ4n) is 2.96. The molecule has 11 nitrogen and oxygen atoms in total. The molecule has 1 saturated heterocycles. The topological polar surface area (TPSA) is 161 Å². The maximum Gasteiger partial charge on any atom is 0.332 e. The van der Waals surface area contributed by atoms with Crippen molar-refractivity contribution < 1.29 is 38.5 Å². The fraction of sp³-hybridized carbons (Fsp3) is 0.550. The highest BCUT2D eigenvalue weighted by Gasteiger charge is 2.41. The van der Waals surface area contributed by atoms with Crippen LogP contribution in [0.3, 0.4) is 0 Å². The van der Waals surface area contributed by atoms with Gasteiger partial charge in [-0.05, 0) is 19.4 Å². The minimum Gasteiger partial charge on any atom is -0.506 e. The van der Waals surface area contributed by atoms with Crippen LogP contribution in [0.4, 0.5) is 0 Å². The number of rotatable bonds is 5. The quantitative estimate of drug-likeness (QED) is 0.432. The van der Waals surface area contributed by atoms with Gasteiger partial charge in [0.15, 0.2) is 12.1 Å². The SMILES string of the molecule is CC[C@H]1C(=O)OC[C@H](NC(=O)c2cc(O)c[nH]c2=O)C(=O)O[C@@H](C)[C@@H]1OC(=O)C(C)C. The van der Waals surface area contributed by atoms with Crippen molar-refractivity contribution in [1.29, 1.82) is 0 Å². The number of aromatic amines is 1. The van der Waals surface area contributed by atoms with Crippen molar-refractivity contribution in [2.24, 2.45) is 11.8 Å². The summed E-state index contributed by atoms with van der Waals surface area (Å²) in [5.41, 5.74) is -1.23. The number of aromatic nitrogens is 1. The van der Waals surface area contributed by atoms with Crippen molar-refractivity contribution in [1.82, 2.24) is 10.3 Å². The molecule has 170 valence electrons. The summed E-state index contributed by atoms with van der Waals surface area (Å²) in [5, 5.41) is 11.7. The Morgan fingerprint density at radius 3 is 2.58 bits per heavy atom. The first-order valence-corrected chi connectivity index (χ1v) is 9.85. The molecule has 3 N–H and O–H groups in total. The lowest BCUT2D eigenvalue weighted by atomic mass is 9.95. The molecule has 0 aromatic carbocycles. The zero-order chi connectivity index (χ0) is 23.3. The van der Waals surface area contributed by atoms with Gasteiger partial charge in [0, 0.05) is 6.20 Å². The van der Waals surface area contributed by atoms with E-state index in [0.717, 1.165) is 12.3 Å². The molecule has 1 aromatic rings. The predicted molar refractivity (Wildman–Crippen MR) is 105 cm³/mol. The van der Waals surface area contributed by atoms with Crippen LogP contribution in [-0.4, -0.2) is 58.8 Å². The lowest BCUT2D eigenvalue weighted by Crippen LogP contribution is -2.47. The molecule has 0 spiro atoms. The molecule has 0 unspecified atom stereocenters. The van der Waals surface area contributed by atoms with Crippen LogP contribution in [0.15, 0.2) is 17.1 Å². The van der Waals surface area contributed by atoms with E-state index in [1.807, 2.05) is 0 Å². The molecule has 2 heterocycles. The Morgan fingerprint density at radius 2 is 1.97 bits per heavy atom. The largest absolute Gasteiger partial charge is 0.506 e. The van der Waals surface area contributed by atoms with Crippen LogP contribution in [0.25, 0.3) is 0 Å². The summed E-state index contributed by atoms with van der Waals surface area (Å²) in [6, 6.07) is -0.490. The van der Waals surface area contributed by atoms with Gasteiger partial charge in [0.1, 0.15) is 24.0 Å². The average Bonchev–Trinajstić information content (AvgIpc) is 2.74. The average molecular weight is 438 g/mol. The van der Waals surface area contributed by atoms with Gasteiger partial charge in [-0.2, -0.15) is 0 Å². The van der Waals surface area contributed by atoms with Crippen LogP contribution in [0.5, 0.6) is 5.75 Å². The summed E-state index contributed by atoms with van der Waals surface area (Å²) in [6.07, 6.45) is -0.818. The third-order valence-corrected chi connectivity index (χ3v) is 4.74. The minimum atomic E-state index is -1.42. The van der Waals surface area contributed by atoms with E-state index in [1.54, 1.807) is 20.8 Å². The van der Waals surface area contributed by atoms with E-state index in [0.29, 0.717) is 0 Å². The van der Waals surface area contributed by atoms with Crippen molar-refractivity contribution in [3.8, 4) is 5.75 Å². The number of aromatic hydroxyl groups is 1. The molecule has 1 aliphatic heterocycles. The van der Waals surface area contributed by atoms with Crippen LogP contribution in [0.2, 0.25) is 0 Å². The van der Waals surface area contributed by atoms with E-state index in [9.17, 15) is 29.1 Å². The second-order valence-electron chi connectivity index (χ2n) is 7.47. The van der Waals surface area contributed by atoms with Crippen molar-refractivity contribution in [3.63, 3.8) is 0 Å². The molecule has 4 atom stereocenters. The number of amides is 1. The molecule has 1 amide bonds. The smallest absolute Gasteiger partial charge is 0.332 e.